The Bertz CT molecular complexity index is 1110. The normalized spacial score (nSPS) is 15.6. The molecule has 2 aromatic rings. The number of thioether (sulfide) groups is 1. The van der Waals surface area contributed by atoms with Gasteiger partial charge in [-0.05, 0) is 49.4 Å². The number of ether oxygens (including phenoxy) is 2. The van der Waals surface area contributed by atoms with Crippen LogP contribution in [0.2, 0.25) is 0 Å². The quantitative estimate of drug-likeness (QED) is 0.446. The van der Waals surface area contributed by atoms with Gasteiger partial charge in [0.25, 0.3) is 5.91 Å². The molecular formula is C23H28N2O6S2. The van der Waals surface area contributed by atoms with Gasteiger partial charge < -0.3 is 14.8 Å². The summed E-state index contributed by atoms with van der Waals surface area (Å²) < 4.78 is 38.1. The molecule has 1 aliphatic rings. The molecule has 33 heavy (non-hydrogen) atoms. The van der Waals surface area contributed by atoms with Crippen LogP contribution in [0.3, 0.4) is 0 Å². The molecule has 0 saturated carbocycles. The van der Waals surface area contributed by atoms with Crippen LogP contribution in [0, 0.1) is 6.92 Å². The molecule has 0 bridgehead atoms. The minimum atomic E-state index is -3.72. The zero-order chi connectivity index (χ0) is 24.0. The lowest BCUT2D eigenvalue weighted by atomic mass is 10.2. The molecule has 3 rings (SSSR count). The van der Waals surface area contributed by atoms with Crippen molar-refractivity contribution in [3.05, 3.63) is 53.6 Å². The van der Waals surface area contributed by atoms with E-state index in [0.717, 1.165) is 10.6 Å². The van der Waals surface area contributed by atoms with Crippen LogP contribution >= 0.6 is 11.8 Å². The Morgan fingerprint density at radius 1 is 1.18 bits per heavy atom. The summed E-state index contributed by atoms with van der Waals surface area (Å²) in [7, 11) is -3.72. The average molecular weight is 493 g/mol. The summed E-state index contributed by atoms with van der Waals surface area (Å²) in [4.78, 5) is 26.2. The number of rotatable bonds is 8. The van der Waals surface area contributed by atoms with Crippen LogP contribution in [0.4, 0.5) is 5.69 Å². The lowest BCUT2D eigenvalue weighted by Gasteiger charge is -2.27. The van der Waals surface area contributed by atoms with Crippen molar-refractivity contribution in [2.75, 3.05) is 37.4 Å². The minimum Gasteiger partial charge on any atom is -0.449 e. The number of hydrogen-bond donors (Lipinski definition) is 1. The van der Waals surface area contributed by atoms with Gasteiger partial charge in [0.2, 0.25) is 10.0 Å². The van der Waals surface area contributed by atoms with E-state index in [1.54, 1.807) is 31.2 Å². The Morgan fingerprint density at radius 3 is 2.58 bits per heavy atom. The monoisotopic (exact) mass is 492 g/mol. The van der Waals surface area contributed by atoms with Crippen LogP contribution in [0.5, 0.6) is 0 Å². The highest BCUT2D eigenvalue weighted by Crippen LogP contribution is 2.25. The van der Waals surface area contributed by atoms with Crippen molar-refractivity contribution in [3.8, 4) is 0 Å². The van der Waals surface area contributed by atoms with Crippen molar-refractivity contribution in [1.29, 1.82) is 0 Å². The van der Waals surface area contributed by atoms with Gasteiger partial charge in [-0.1, -0.05) is 25.1 Å². The minimum absolute atomic E-state index is 0.123. The fourth-order valence-corrected chi connectivity index (χ4v) is 5.77. The largest absolute Gasteiger partial charge is 0.449 e. The van der Waals surface area contributed by atoms with Gasteiger partial charge in [-0.25, -0.2) is 13.2 Å². The zero-order valence-electron chi connectivity index (χ0n) is 18.9. The van der Waals surface area contributed by atoms with E-state index in [1.165, 1.54) is 29.1 Å². The van der Waals surface area contributed by atoms with Crippen molar-refractivity contribution < 1.29 is 27.5 Å². The Labute approximate surface area is 198 Å². The number of nitrogens with zero attached hydrogens (tertiary/aromatic N) is 1. The number of sulfonamides is 1. The first-order valence-corrected chi connectivity index (χ1v) is 13.1. The number of amides is 1. The third kappa shape index (κ3) is 6.14. The molecule has 178 valence electrons. The number of nitrogens with one attached hydrogen (secondary N) is 1. The lowest BCUT2D eigenvalue weighted by Crippen LogP contribution is -2.40. The molecule has 1 aliphatic heterocycles. The summed E-state index contributed by atoms with van der Waals surface area (Å²) in [5.74, 6) is -0.347. The number of carbonyl (C=O) groups excluding carboxylic acids is 2. The Balaban J connectivity index is 1.71. The van der Waals surface area contributed by atoms with Crippen LogP contribution in [-0.2, 0) is 24.3 Å². The zero-order valence-corrected chi connectivity index (χ0v) is 20.5. The van der Waals surface area contributed by atoms with Gasteiger partial charge in [-0.15, -0.1) is 11.8 Å². The van der Waals surface area contributed by atoms with Gasteiger partial charge in [0.1, 0.15) is 0 Å². The first-order valence-electron chi connectivity index (χ1n) is 10.7. The second-order valence-electron chi connectivity index (χ2n) is 7.46. The van der Waals surface area contributed by atoms with Gasteiger partial charge in [0, 0.05) is 23.7 Å². The molecule has 1 saturated heterocycles. The van der Waals surface area contributed by atoms with E-state index >= 15 is 0 Å². The first kappa shape index (κ1) is 25.2. The summed E-state index contributed by atoms with van der Waals surface area (Å²) in [5.41, 5.74) is 1.28. The molecule has 0 spiro atoms. The highest BCUT2D eigenvalue weighted by Gasteiger charge is 2.28. The van der Waals surface area contributed by atoms with Crippen LogP contribution in [-0.4, -0.2) is 62.8 Å². The van der Waals surface area contributed by atoms with Gasteiger partial charge >= 0.3 is 5.97 Å². The summed E-state index contributed by atoms with van der Waals surface area (Å²) in [6.07, 6.45) is -1.07. The molecule has 1 atom stereocenters. The standard InChI is InChI=1S/C23H28N2O6S2/c1-4-32-20-8-6-5-7-19(20)23(27)31-17(3)22(26)24-18-10-9-16(2)21(15-18)33(28,29)25-11-13-30-14-12-25/h5-10,15,17H,4,11-14H2,1-3H3,(H,24,26). The van der Waals surface area contributed by atoms with E-state index in [0.29, 0.717) is 30.0 Å². The lowest BCUT2D eigenvalue weighted by molar-refractivity contribution is -0.123. The van der Waals surface area contributed by atoms with Crippen LogP contribution in [0.15, 0.2) is 52.3 Å². The number of anilines is 1. The van der Waals surface area contributed by atoms with Gasteiger partial charge in [0.15, 0.2) is 6.10 Å². The molecule has 1 amide bonds. The number of morpholine rings is 1. The van der Waals surface area contributed by atoms with E-state index in [9.17, 15) is 18.0 Å². The molecular weight excluding hydrogens is 464 g/mol. The third-order valence-corrected chi connectivity index (χ3v) is 8.10. The molecule has 1 N–H and O–H groups in total. The van der Waals surface area contributed by atoms with Crippen LogP contribution in [0.25, 0.3) is 0 Å². The Hall–Kier alpha value is -2.40. The maximum Gasteiger partial charge on any atom is 0.340 e. The van der Waals surface area contributed by atoms with Crippen molar-refractivity contribution in [2.45, 2.75) is 36.7 Å². The van der Waals surface area contributed by atoms with Crippen LogP contribution < -0.4 is 5.32 Å². The summed E-state index contributed by atoms with van der Waals surface area (Å²) in [6, 6.07) is 11.8. The van der Waals surface area contributed by atoms with Crippen molar-refractivity contribution in [2.24, 2.45) is 0 Å². The second kappa shape index (κ2) is 11.1. The van der Waals surface area contributed by atoms with Crippen LogP contribution in [0.1, 0.15) is 29.8 Å². The predicted octanol–water partition coefficient (Wildman–Crippen LogP) is 3.31. The Kier molecular flexibility index (Phi) is 8.52. The highest BCUT2D eigenvalue weighted by atomic mass is 32.2. The molecule has 1 unspecified atom stereocenters. The third-order valence-electron chi connectivity index (χ3n) is 5.10. The maximum absolute atomic E-state index is 13.1. The summed E-state index contributed by atoms with van der Waals surface area (Å²) >= 11 is 1.52. The van der Waals surface area contributed by atoms with Crippen molar-refractivity contribution in [3.63, 3.8) is 0 Å². The molecule has 1 heterocycles. The van der Waals surface area contributed by atoms with E-state index in [4.69, 9.17) is 9.47 Å². The fourth-order valence-electron chi connectivity index (χ4n) is 3.32. The maximum atomic E-state index is 13.1. The SMILES string of the molecule is CCSc1ccccc1C(=O)OC(C)C(=O)Nc1ccc(C)c(S(=O)(=O)N2CCOCC2)c1. The highest BCUT2D eigenvalue weighted by molar-refractivity contribution is 7.99. The predicted molar refractivity (Wildman–Crippen MR) is 127 cm³/mol. The molecule has 0 radical (unpaired) electrons. The second-order valence-corrected chi connectivity index (χ2v) is 10.7. The molecule has 0 aromatic heterocycles. The number of esters is 1. The van der Waals surface area contributed by atoms with E-state index in [1.807, 2.05) is 19.1 Å². The molecule has 1 fully saturated rings. The van der Waals surface area contributed by atoms with Crippen molar-refractivity contribution in [1.82, 2.24) is 4.31 Å². The number of hydrogen-bond acceptors (Lipinski definition) is 7. The smallest absolute Gasteiger partial charge is 0.340 e. The molecule has 2 aromatic carbocycles. The van der Waals surface area contributed by atoms with E-state index < -0.39 is 28.0 Å². The van der Waals surface area contributed by atoms with E-state index in [2.05, 4.69) is 5.32 Å². The molecule has 8 nitrogen and oxygen atoms in total. The average Bonchev–Trinajstić information content (AvgIpc) is 2.81. The summed E-state index contributed by atoms with van der Waals surface area (Å²) in [6.45, 7) is 6.41. The molecule has 0 aliphatic carbocycles. The number of benzene rings is 2. The topological polar surface area (TPSA) is 102 Å². The van der Waals surface area contributed by atoms with Gasteiger partial charge in [0.05, 0.1) is 23.7 Å². The van der Waals surface area contributed by atoms with Crippen molar-refractivity contribution >= 4 is 39.3 Å². The molecule has 10 heteroatoms. The first-order chi connectivity index (χ1) is 15.7. The number of carbonyl (C=O) groups is 2. The van der Waals surface area contributed by atoms with Gasteiger partial charge in [-0.3, -0.25) is 4.79 Å². The fraction of sp³-hybridized carbons (Fsp3) is 0.391. The Morgan fingerprint density at radius 2 is 1.88 bits per heavy atom. The summed E-state index contributed by atoms with van der Waals surface area (Å²) in [5, 5.41) is 2.65. The van der Waals surface area contributed by atoms with E-state index in [-0.39, 0.29) is 18.0 Å². The van der Waals surface area contributed by atoms with Gasteiger partial charge in [-0.2, -0.15) is 4.31 Å². The number of aryl methyl sites for hydroxylation is 1.